The fourth-order valence-electron chi connectivity index (χ4n) is 2.34. The van der Waals surface area contributed by atoms with Crippen LogP contribution in [0.5, 0.6) is 11.5 Å². The number of nitrogens with one attached hydrogen (secondary N) is 1. The van der Waals surface area contributed by atoms with Gasteiger partial charge >= 0.3 is 5.69 Å². The van der Waals surface area contributed by atoms with Crippen LogP contribution < -0.4 is 10.2 Å². The molecule has 0 aliphatic carbocycles. The summed E-state index contributed by atoms with van der Waals surface area (Å²) < 4.78 is 5.83. The number of halogens is 1. The normalized spacial score (nSPS) is 11.0. The molecule has 1 aromatic heterocycles. The van der Waals surface area contributed by atoms with E-state index >= 15 is 0 Å². The number of phenolic OH excluding ortho intramolecular Hbond substituents is 1. The smallest absolute Gasteiger partial charge is 0.315 e. The molecule has 0 radical (unpaired) electrons. The van der Waals surface area contributed by atoms with Gasteiger partial charge in [0, 0.05) is 15.6 Å². The number of nitrogens with zero attached hydrogens (tertiary/aromatic N) is 2. The summed E-state index contributed by atoms with van der Waals surface area (Å²) in [4.78, 5) is 22.9. The molecule has 3 rings (SSSR count). The number of ether oxygens (including phenoxy) is 1. The van der Waals surface area contributed by atoms with E-state index in [4.69, 9.17) is 16.3 Å². The molecule has 0 saturated heterocycles. The van der Waals surface area contributed by atoms with Gasteiger partial charge in [0.15, 0.2) is 0 Å². The molecule has 2 aromatic carbocycles. The van der Waals surface area contributed by atoms with Crippen LogP contribution in [0.4, 0.5) is 5.69 Å². The number of hydrogen-bond acceptors (Lipinski definition) is 7. The fraction of sp³-hybridized carbons (Fsp3) is 0.0588. The van der Waals surface area contributed by atoms with Crippen LogP contribution in [-0.2, 0) is 0 Å². The van der Waals surface area contributed by atoms with Crippen LogP contribution in [0.1, 0.15) is 15.2 Å². The number of carbonyl (C=O) groups excluding carboxylic acids is 1. The first-order chi connectivity index (χ1) is 12.9. The van der Waals surface area contributed by atoms with Crippen molar-refractivity contribution in [3.05, 3.63) is 62.0 Å². The molecule has 0 saturated carbocycles. The molecule has 0 fully saturated rings. The number of benzene rings is 2. The predicted molar refractivity (Wildman–Crippen MR) is 103 cm³/mol. The highest BCUT2D eigenvalue weighted by atomic mass is 35.5. The van der Waals surface area contributed by atoms with Gasteiger partial charge in [-0.2, -0.15) is 5.10 Å². The van der Waals surface area contributed by atoms with Gasteiger partial charge in [0.2, 0.25) is 5.75 Å². The van der Waals surface area contributed by atoms with Gasteiger partial charge < -0.3 is 9.84 Å². The highest BCUT2D eigenvalue weighted by molar-refractivity contribution is 7.21. The SMILES string of the molecule is COc1cc(/C=N/NC(=O)c2sc3ccccc3c2Cl)c(O)c([N+](=O)[O-])c1. The number of nitro groups is 1. The predicted octanol–water partition coefficient (Wildman–Crippen LogP) is 3.94. The maximum absolute atomic E-state index is 12.3. The molecule has 0 bridgehead atoms. The van der Waals surface area contributed by atoms with E-state index in [9.17, 15) is 20.0 Å². The van der Waals surface area contributed by atoms with E-state index in [0.717, 1.165) is 22.4 Å². The van der Waals surface area contributed by atoms with Crippen LogP contribution in [0.25, 0.3) is 10.1 Å². The lowest BCUT2D eigenvalue weighted by molar-refractivity contribution is -0.385. The number of hydrogen-bond donors (Lipinski definition) is 2. The van der Waals surface area contributed by atoms with Crippen molar-refractivity contribution in [1.82, 2.24) is 5.43 Å². The van der Waals surface area contributed by atoms with E-state index in [1.165, 1.54) is 24.5 Å². The second kappa shape index (κ2) is 7.60. The van der Waals surface area contributed by atoms with E-state index in [1.54, 1.807) is 0 Å². The molecule has 8 nitrogen and oxygen atoms in total. The second-order valence-electron chi connectivity index (χ2n) is 5.28. The third-order valence-electron chi connectivity index (χ3n) is 3.64. The number of thiophene rings is 1. The molecule has 0 aliphatic heterocycles. The third-order valence-corrected chi connectivity index (χ3v) is 5.31. The highest BCUT2D eigenvalue weighted by Crippen LogP contribution is 2.35. The van der Waals surface area contributed by atoms with Crippen molar-refractivity contribution in [3.63, 3.8) is 0 Å². The van der Waals surface area contributed by atoms with Crippen molar-refractivity contribution < 1.29 is 19.6 Å². The Hall–Kier alpha value is -3.17. The standard InChI is InChI=1S/C17H12ClN3O5S/c1-26-10-6-9(15(22)12(7-10)21(24)25)8-19-20-17(23)16-14(18)11-4-2-3-5-13(11)27-16/h2-8,22H,1H3,(H,20,23)/b19-8+. The Morgan fingerprint density at radius 3 is 2.81 bits per heavy atom. The number of carbonyl (C=O) groups is 1. The molecule has 10 heteroatoms. The number of rotatable bonds is 5. The zero-order chi connectivity index (χ0) is 19.6. The van der Waals surface area contributed by atoms with Crippen LogP contribution in [0.3, 0.4) is 0 Å². The zero-order valence-corrected chi connectivity index (χ0v) is 15.4. The summed E-state index contributed by atoms with van der Waals surface area (Å²) in [5.41, 5.74) is 1.78. The van der Waals surface area contributed by atoms with Crippen molar-refractivity contribution in [2.24, 2.45) is 5.10 Å². The number of amides is 1. The molecule has 27 heavy (non-hydrogen) atoms. The van der Waals surface area contributed by atoms with E-state index in [0.29, 0.717) is 5.02 Å². The largest absolute Gasteiger partial charge is 0.502 e. The van der Waals surface area contributed by atoms with Crippen molar-refractivity contribution in [3.8, 4) is 11.5 Å². The van der Waals surface area contributed by atoms with E-state index in [1.807, 2.05) is 24.3 Å². The van der Waals surface area contributed by atoms with Gasteiger partial charge in [0.05, 0.1) is 29.3 Å². The Morgan fingerprint density at radius 2 is 2.15 bits per heavy atom. The molecule has 0 atom stereocenters. The first-order valence-electron chi connectivity index (χ1n) is 7.48. The number of aromatic hydroxyl groups is 1. The summed E-state index contributed by atoms with van der Waals surface area (Å²) in [5.74, 6) is -0.951. The lowest BCUT2D eigenvalue weighted by Gasteiger charge is -2.04. The average Bonchev–Trinajstić information content (AvgIpc) is 3.00. The Bertz CT molecular complexity index is 1080. The Labute approximate surface area is 161 Å². The van der Waals surface area contributed by atoms with Gasteiger partial charge in [0.25, 0.3) is 5.91 Å². The number of methoxy groups -OCH3 is 1. The van der Waals surface area contributed by atoms with Crippen LogP contribution >= 0.6 is 22.9 Å². The first-order valence-corrected chi connectivity index (χ1v) is 8.67. The third kappa shape index (κ3) is 3.69. The maximum Gasteiger partial charge on any atom is 0.315 e. The van der Waals surface area contributed by atoms with Gasteiger partial charge in [0.1, 0.15) is 10.6 Å². The molecule has 138 valence electrons. The fourth-order valence-corrected chi connectivity index (χ4v) is 3.75. The van der Waals surface area contributed by atoms with Crippen LogP contribution in [0.15, 0.2) is 41.5 Å². The molecule has 0 spiro atoms. The van der Waals surface area contributed by atoms with Crippen molar-refractivity contribution >= 4 is 50.8 Å². The monoisotopic (exact) mass is 405 g/mol. The van der Waals surface area contributed by atoms with Crippen LogP contribution in [0.2, 0.25) is 5.02 Å². The minimum Gasteiger partial charge on any atom is -0.502 e. The summed E-state index contributed by atoms with van der Waals surface area (Å²) in [6, 6.07) is 9.75. The van der Waals surface area contributed by atoms with E-state index in [2.05, 4.69) is 10.5 Å². The average molecular weight is 406 g/mol. The number of phenols is 1. The van der Waals surface area contributed by atoms with Crippen molar-refractivity contribution in [2.45, 2.75) is 0 Å². The molecule has 1 heterocycles. The summed E-state index contributed by atoms with van der Waals surface area (Å²) >= 11 is 7.45. The zero-order valence-electron chi connectivity index (χ0n) is 13.8. The molecule has 2 N–H and O–H groups in total. The topological polar surface area (TPSA) is 114 Å². The molecular formula is C17H12ClN3O5S. The Balaban J connectivity index is 1.84. The van der Waals surface area contributed by atoms with Gasteiger partial charge in [-0.15, -0.1) is 11.3 Å². The minimum absolute atomic E-state index is 0.0174. The Morgan fingerprint density at radius 1 is 1.41 bits per heavy atom. The summed E-state index contributed by atoms with van der Waals surface area (Å²) in [6.45, 7) is 0. The lowest BCUT2D eigenvalue weighted by atomic mass is 10.1. The highest BCUT2D eigenvalue weighted by Gasteiger charge is 2.19. The number of nitro benzene ring substituents is 1. The number of hydrazone groups is 1. The lowest BCUT2D eigenvalue weighted by Crippen LogP contribution is -2.16. The first kappa shape index (κ1) is 18.6. The minimum atomic E-state index is -0.745. The van der Waals surface area contributed by atoms with Gasteiger partial charge in [-0.3, -0.25) is 14.9 Å². The molecular weight excluding hydrogens is 394 g/mol. The summed E-state index contributed by atoms with van der Waals surface area (Å²) in [6.07, 6.45) is 1.09. The molecule has 0 aliphatic rings. The summed E-state index contributed by atoms with van der Waals surface area (Å²) in [5, 5.41) is 25.8. The van der Waals surface area contributed by atoms with Gasteiger partial charge in [-0.1, -0.05) is 29.8 Å². The van der Waals surface area contributed by atoms with Crippen LogP contribution in [0, 0.1) is 10.1 Å². The number of fused-ring (bicyclic) bond motifs is 1. The van der Waals surface area contributed by atoms with E-state index < -0.39 is 22.3 Å². The van der Waals surface area contributed by atoms with Gasteiger partial charge in [-0.25, -0.2) is 5.43 Å². The van der Waals surface area contributed by atoms with E-state index in [-0.39, 0.29) is 16.2 Å². The Kier molecular flexibility index (Phi) is 5.24. The molecule has 3 aromatic rings. The summed E-state index contributed by atoms with van der Waals surface area (Å²) in [7, 11) is 1.34. The quantitative estimate of drug-likeness (QED) is 0.379. The molecule has 1 amide bonds. The molecule has 0 unspecified atom stereocenters. The van der Waals surface area contributed by atoms with Crippen molar-refractivity contribution in [2.75, 3.05) is 7.11 Å². The second-order valence-corrected chi connectivity index (χ2v) is 6.71. The van der Waals surface area contributed by atoms with Gasteiger partial charge in [-0.05, 0) is 12.1 Å². The van der Waals surface area contributed by atoms with Crippen LogP contribution in [-0.4, -0.2) is 29.3 Å². The van der Waals surface area contributed by atoms with Crippen molar-refractivity contribution in [1.29, 1.82) is 0 Å². The maximum atomic E-state index is 12.3.